The van der Waals surface area contributed by atoms with Crippen molar-refractivity contribution in [2.24, 2.45) is 4.99 Å². The number of rotatable bonds is 2. The quantitative estimate of drug-likeness (QED) is 0.871. The van der Waals surface area contributed by atoms with Crippen LogP contribution in [0, 0.1) is 0 Å². The minimum atomic E-state index is 0.321. The summed E-state index contributed by atoms with van der Waals surface area (Å²) in [6.45, 7) is 0.972. The zero-order valence-electron chi connectivity index (χ0n) is 9.07. The monoisotopic (exact) mass is 275 g/mol. The summed E-state index contributed by atoms with van der Waals surface area (Å²) in [5.41, 5.74) is 0.465. The summed E-state index contributed by atoms with van der Waals surface area (Å²) in [6.07, 6.45) is 0. The van der Waals surface area contributed by atoms with Crippen LogP contribution in [0.4, 0.5) is 5.69 Å². The molecular formula is C10H11Cl2N3O2. The number of ether oxygens (including phenoxy) is 1. The lowest BCUT2D eigenvalue weighted by Crippen LogP contribution is -2.29. The number of nitrogens with zero attached hydrogens (tertiary/aromatic N) is 2. The molecule has 0 fully saturated rings. The van der Waals surface area contributed by atoms with E-state index in [9.17, 15) is 5.21 Å². The zero-order valence-corrected chi connectivity index (χ0v) is 10.6. The predicted octanol–water partition coefficient (Wildman–Crippen LogP) is 2.47. The summed E-state index contributed by atoms with van der Waals surface area (Å²) in [7, 11) is 1.52. The van der Waals surface area contributed by atoms with E-state index in [4.69, 9.17) is 27.9 Å². The molecule has 7 heteroatoms. The van der Waals surface area contributed by atoms with Gasteiger partial charge in [0.1, 0.15) is 10.8 Å². The molecule has 0 saturated carbocycles. The second-order valence-electron chi connectivity index (χ2n) is 3.39. The number of nitrogens with one attached hydrogen (secondary N) is 1. The smallest absolute Gasteiger partial charge is 0.222 e. The molecule has 0 unspecified atom stereocenters. The summed E-state index contributed by atoms with van der Waals surface area (Å²) in [6, 6.07) is 3.33. The van der Waals surface area contributed by atoms with Crippen LogP contribution in [0.3, 0.4) is 0 Å². The Hall–Kier alpha value is -1.17. The SMILES string of the molecule is COc1ccc(Cl)c(NC2=NCCN2O)c1Cl. The van der Waals surface area contributed by atoms with E-state index >= 15 is 0 Å². The Morgan fingerprint density at radius 3 is 2.82 bits per heavy atom. The Balaban J connectivity index is 2.31. The van der Waals surface area contributed by atoms with Gasteiger partial charge in [-0.25, -0.2) is 10.1 Å². The third-order valence-corrected chi connectivity index (χ3v) is 3.02. The fraction of sp³-hybridized carbons (Fsp3) is 0.300. The summed E-state index contributed by atoms with van der Waals surface area (Å²) < 4.78 is 5.09. The second-order valence-corrected chi connectivity index (χ2v) is 4.18. The van der Waals surface area contributed by atoms with Crippen molar-refractivity contribution in [2.75, 3.05) is 25.5 Å². The largest absolute Gasteiger partial charge is 0.495 e. The van der Waals surface area contributed by atoms with E-state index in [2.05, 4.69) is 10.3 Å². The molecule has 0 atom stereocenters. The van der Waals surface area contributed by atoms with Crippen molar-refractivity contribution in [3.8, 4) is 5.75 Å². The molecule has 1 aliphatic rings. The van der Waals surface area contributed by atoms with Crippen LogP contribution in [0.1, 0.15) is 0 Å². The molecule has 1 heterocycles. The van der Waals surface area contributed by atoms with Gasteiger partial charge in [0.2, 0.25) is 5.96 Å². The van der Waals surface area contributed by atoms with E-state index in [1.54, 1.807) is 12.1 Å². The fourth-order valence-electron chi connectivity index (χ4n) is 1.46. The van der Waals surface area contributed by atoms with E-state index in [1.165, 1.54) is 7.11 Å². The molecule has 0 aliphatic carbocycles. The number of methoxy groups -OCH3 is 1. The van der Waals surface area contributed by atoms with Crippen LogP contribution in [0.25, 0.3) is 0 Å². The molecule has 1 aromatic rings. The first-order valence-electron chi connectivity index (χ1n) is 4.93. The van der Waals surface area contributed by atoms with Crippen molar-refractivity contribution in [3.63, 3.8) is 0 Å². The molecule has 5 nitrogen and oxygen atoms in total. The lowest BCUT2D eigenvalue weighted by atomic mass is 10.3. The Morgan fingerprint density at radius 1 is 1.47 bits per heavy atom. The molecule has 0 saturated heterocycles. The Bertz CT molecular complexity index is 465. The lowest BCUT2D eigenvalue weighted by Gasteiger charge is -2.16. The molecule has 1 aromatic carbocycles. The summed E-state index contributed by atoms with van der Waals surface area (Å²) >= 11 is 12.1. The van der Waals surface area contributed by atoms with Gasteiger partial charge in [-0.15, -0.1) is 0 Å². The number of hydrogen-bond acceptors (Lipinski definition) is 5. The molecule has 17 heavy (non-hydrogen) atoms. The standard InChI is InChI=1S/C10H11Cl2N3O2/c1-17-7-3-2-6(11)9(8(7)12)14-10-13-4-5-15(10)16/h2-3,16H,4-5H2,1H3,(H,13,14). The average Bonchev–Trinajstić information content (AvgIpc) is 2.70. The molecule has 0 bridgehead atoms. The van der Waals surface area contributed by atoms with E-state index in [0.717, 1.165) is 5.06 Å². The summed E-state index contributed by atoms with van der Waals surface area (Å²) in [4.78, 5) is 4.07. The van der Waals surface area contributed by atoms with Crippen LogP contribution in [-0.4, -0.2) is 36.4 Å². The van der Waals surface area contributed by atoms with Gasteiger partial charge in [0.05, 0.1) is 30.9 Å². The van der Waals surface area contributed by atoms with Crippen LogP contribution >= 0.6 is 23.2 Å². The van der Waals surface area contributed by atoms with Gasteiger partial charge in [-0.1, -0.05) is 23.2 Å². The van der Waals surface area contributed by atoms with E-state index in [-0.39, 0.29) is 0 Å². The number of aliphatic imine (C=N–C) groups is 1. The topological polar surface area (TPSA) is 57.1 Å². The first kappa shape index (κ1) is 12.3. The van der Waals surface area contributed by atoms with E-state index < -0.39 is 0 Å². The minimum Gasteiger partial charge on any atom is -0.495 e. The third-order valence-electron chi connectivity index (χ3n) is 2.33. The van der Waals surface area contributed by atoms with Crippen LogP contribution in [0.2, 0.25) is 10.0 Å². The van der Waals surface area contributed by atoms with Crippen molar-refractivity contribution < 1.29 is 9.94 Å². The summed E-state index contributed by atoms with van der Waals surface area (Å²) in [5, 5.41) is 14.2. The van der Waals surface area contributed by atoms with Crippen molar-refractivity contribution in [1.29, 1.82) is 0 Å². The Morgan fingerprint density at radius 2 is 2.24 bits per heavy atom. The number of guanidine groups is 1. The first-order valence-corrected chi connectivity index (χ1v) is 5.69. The lowest BCUT2D eigenvalue weighted by molar-refractivity contribution is -0.00269. The minimum absolute atomic E-state index is 0.321. The zero-order chi connectivity index (χ0) is 12.4. The first-order chi connectivity index (χ1) is 8.13. The molecule has 92 valence electrons. The Labute approximate surface area is 109 Å². The molecule has 2 rings (SSSR count). The van der Waals surface area contributed by atoms with Crippen LogP contribution in [0.5, 0.6) is 5.75 Å². The molecule has 0 radical (unpaired) electrons. The second kappa shape index (κ2) is 5.00. The molecule has 0 aromatic heterocycles. The van der Waals surface area contributed by atoms with Gasteiger partial charge in [0.25, 0.3) is 0 Å². The fourth-order valence-corrected chi connectivity index (χ4v) is 2.00. The number of hydroxylamine groups is 2. The number of halogens is 2. The van der Waals surface area contributed by atoms with E-state index in [0.29, 0.717) is 40.5 Å². The third kappa shape index (κ3) is 2.41. The van der Waals surface area contributed by atoms with Crippen LogP contribution < -0.4 is 10.1 Å². The average molecular weight is 276 g/mol. The van der Waals surface area contributed by atoms with Crippen molar-refractivity contribution in [3.05, 3.63) is 22.2 Å². The maximum absolute atomic E-state index is 9.48. The van der Waals surface area contributed by atoms with Gasteiger partial charge in [-0.3, -0.25) is 5.21 Å². The van der Waals surface area contributed by atoms with Crippen molar-refractivity contribution >= 4 is 34.8 Å². The highest BCUT2D eigenvalue weighted by molar-refractivity contribution is 6.40. The van der Waals surface area contributed by atoms with Crippen LogP contribution in [-0.2, 0) is 0 Å². The molecule has 1 aliphatic heterocycles. The number of anilines is 1. The highest BCUT2D eigenvalue weighted by atomic mass is 35.5. The van der Waals surface area contributed by atoms with Gasteiger partial charge >= 0.3 is 0 Å². The molecule has 0 spiro atoms. The normalized spacial score (nSPS) is 14.8. The van der Waals surface area contributed by atoms with Gasteiger partial charge in [-0.2, -0.15) is 0 Å². The highest BCUT2D eigenvalue weighted by Crippen LogP contribution is 2.37. The van der Waals surface area contributed by atoms with E-state index in [1.807, 2.05) is 0 Å². The molecular weight excluding hydrogens is 265 g/mol. The van der Waals surface area contributed by atoms with Gasteiger partial charge in [-0.05, 0) is 12.1 Å². The Kier molecular flexibility index (Phi) is 3.61. The maximum atomic E-state index is 9.48. The number of benzene rings is 1. The maximum Gasteiger partial charge on any atom is 0.222 e. The number of hydrogen-bond donors (Lipinski definition) is 2. The highest BCUT2D eigenvalue weighted by Gasteiger charge is 2.18. The predicted molar refractivity (Wildman–Crippen MR) is 67.4 cm³/mol. The summed E-state index contributed by atoms with van der Waals surface area (Å²) in [5.74, 6) is 0.823. The van der Waals surface area contributed by atoms with Gasteiger partial charge in [0, 0.05) is 0 Å². The van der Waals surface area contributed by atoms with Crippen LogP contribution in [0.15, 0.2) is 17.1 Å². The van der Waals surface area contributed by atoms with Crippen molar-refractivity contribution in [2.45, 2.75) is 0 Å². The van der Waals surface area contributed by atoms with Gasteiger partial charge in [0.15, 0.2) is 0 Å². The molecule has 2 N–H and O–H groups in total. The van der Waals surface area contributed by atoms with Gasteiger partial charge < -0.3 is 10.1 Å². The van der Waals surface area contributed by atoms with Crippen molar-refractivity contribution in [1.82, 2.24) is 5.06 Å². The molecule has 0 amide bonds.